The lowest BCUT2D eigenvalue weighted by Gasteiger charge is -2.18. The van der Waals surface area contributed by atoms with Gasteiger partial charge in [0.2, 0.25) is 0 Å². The van der Waals surface area contributed by atoms with Gasteiger partial charge >= 0.3 is 5.97 Å². The molecule has 0 radical (unpaired) electrons. The van der Waals surface area contributed by atoms with E-state index >= 15 is 0 Å². The minimum atomic E-state index is -0.814. The van der Waals surface area contributed by atoms with Crippen LogP contribution in [0.1, 0.15) is 41.4 Å². The largest absolute Gasteiger partial charge is 0.507 e. The molecule has 0 aromatic carbocycles. The standard InChI is InChI=1S/C15H20N2O6/c1-2-3-5-23-11(18)7-16-14(20)12-13(19)9-4-6-22-8-10(9)17-15(12)21/h2-8H2,1H3,(H,16,20)(H2,17,19,21). The fourth-order valence-corrected chi connectivity index (χ4v) is 2.25. The van der Waals surface area contributed by atoms with Crippen molar-refractivity contribution in [2.45, 2.75) is 32.8 Å². The average Bonchev–Trinajstić information content (AvgIpc) is 2.53. The van der Waals surface area contributed by atoms with E-state index in [1.807, 2.05) is 6.92 Å². The Kier molecular flexibility index (Phi) is 5.75. The fraction of sp³-hybridized carbons (Fsp3) is 0.533. The molecule has 2 heterocycles. The quantitative estimate of drug-likeness (QED) is 0.509. The first kappa shape index (κ1) is 17.0. The van der Waals surface area contributed by atoms with Crippen molar-refractivity contribution >= 4 is 11.9 Å². The first-order valence-electron chi connectivity index (χ1n) is 7.53. The molecule has 0 aliphatic carbocycles. The van der Waals surface area contributed by atoms with Crippen LogP contribution in [-0.2, 0) is 27.3 Å². The Balaban J connectivity index is 2.05. The van der Waals surface area contributed by atoms with Crippen LogP contribution in [0.15, 0.2) is 4.79 Å². The monoisotopic (exact) mass is 324 g/mol. The number of unbranched alkanes of at least 4 members (excludes halogenated alkanes) is 1. The van der Waals surface area contributed by atoms with Gasteiger partial charge in [0.1, 0.15) is 17.9 Å². The van der Waals surface area contributed by atoms with E-state index in [-0.39, 0.29) is 25.5 Å². The number of aromatic amines is 1. The van der Waals surface area contributed by atoms with Gasteiger partial charge in [-0.1, -0.05) is 13.3 Å². The summed E-state index contributed by atoms with van der Waals surface area (Å²) in [5.74, 6) is -1.76. The van der Waals surface area contributed by atoms with E-state index in [0.717, 1.165) is 12.8 Å². The number of ether oxygens (including phenoxy) is 2. The van der Waals surface area contributed by atoms with Crippen LogP contribution >= 0.6 is 0 Å². The highest BCUT2D eigenvalue weighted by Crippen LogP contribution is 2.25. The number of hydrogen-bond acceptors (Lipinski definition) is 6. The molecule has 0 saturated heterocycles. The molecule has 0 saturated carbocycles. The Labute approximate surface area is 132 Å². The maximum Gasteiger partial charge on any atom is 0.325 e. The third-order valence-corrected chi connectivity index (χ3v) is 3.50. The number of fused-ring (bicyclic) bond motifs is 1. The van der Waals surface area contributed by atoms with E-state index in [0.29, 0.717) is 24.3 Å². The summed E-state index contributed by atoms with van der Waals surface area (Å²) in [6.07, 6.45) is 2.03. The number of carbonyl (C=O) groups excluding carboxylic acids is 2. The maximum atomic E-state index is 12.1. The van der Waals surface area contributed by atoms with Gasteiger partial charge in [-0.2, -0.15) is 0 Å². The molecule has 1 aliphatic heterocycles. The van der Waals surface area contributed by atoms with Crippen molar-refractivity contribution in [3.63, 3.8) is 0 Å². The number of hydrogen-bond donors (Lipinski definition) is 3. The minimum Gasteiger partial charge on any atom is -0.507 e. The van der Waals surface area contributed by atoms with Crippen molar-refractivity contribution in [1.29, 1.82) is 0 Å². The topological polar surface area (TPSA) is 118 Å². The minimum absolute atomic E-state index is 0.184. The molecule has 2 rings (SSSR count). The molecule has 1 aliphatic rings. The normalized spacial score (nSPS) is 13.3. The summed E-state index contributed by atoms with van der Waals surface area (Å²) >= 11 is 0. The van der Waals surface area contributed by atoms with Gasteiger partial charge in [0, 0.05) is 12.0 Å². The Hall–Kier alpha value is -2.35. The summed E-state index contributed by atoms with van der Waals surface area (Å²) in [4.78, 5) is 38.0. The molecule has 0 bridgehead atoms. The van der Waals surface area contributed by atoms with E-state index in [9.17, 15) is 19.5 Å². The van der Waals surface area contributed by atoms with Gasteiger partial charge in [0.25, 0.3) is 11.5 Å². The highest BCUT2D eigenvalue weighted by atomic mass is 16.5. The van der Waals surface area contributed by atoms with Crippen LogP contribution in [0.3, 0.4) is 0 Å². The predicted octanol–water partition coefficient (Wildman–Crippen LogP) is 0.226. The molecule has 0 atom stereocenters. The van der Waals surface area contributed by atoms with Crippen molar-refractivity contribution in [1.82, 2.24) is 10.3 Å². The number of aromatic nitrogens is 1. The summed E-state index contributed by atoms with van der Waals surface area (Å²) < 4.78 is 10.1. The van der Waals surface area contributed by atoms with Gasteiger partial charge in [-0.05, 0) is 6.42 Å². The number of nitrogens with one attached hydrogen (secondary N) is 2. The molecule has 23 heavy (non-hydrogen) atoms. The van der Waals surface area contributed by atoms with Crippen molar-refractivity contribution in [3.05, 3.63) is 27.2 Å². The molecule has 1 amide bonds. The lowest BCUT2D eigenvalue weighted by Crippen LogP contribution is -2.35. The van der Waals surface area contributed by atoms with E-state index in [2.05, 4.69) is 10.3 Å². The number of aromatic hydroxyl groups is 1. The summed E-state index contributed by atoms with van der Waals surface area (Å²) in [6.45, 7) is 2.48. The van der Waals surface area contributed by atoms with Crippen LogP contribution < -0.4 is 10.9 Å². The molecule has 8 heteroatoms. The Morgan fingerprint density at radius 1 is 1.43 bits per heavy atom. The van der Waals surface area contributed by atoms with Crippen molar-refractivity contribution < 1.29 is 24.2 Å². The van der Waals surface area contributed by atoms with E-state index < -0.39 is 23.0 Å². The molecule has 1 aromatic heterocycles. The second-order valence-electron chi connectivity index (χ2n) is 5.19. The molecular formula is C15H20N2O6. The number of carbonyl (C=O) groups is 2. The number of H-pyrrole nitrogens is 1. The second kappa shape index (κ2) is 7.77. The molecule has 3 N–H and O–H groups in total. The highest BCUT2D eigenvalue weighted by Gasteiger charge is 2.24. The summed E-state index contributed by atoms with van der Waals surface area (Å²) in [7, 11) is 0. The number of pyridine rings is 1. The van der Waals surface area contributed by atoms with Crippen molar-refractivity contribution in [2.24, 2.45) is 0 Å². The molecule has 1 aromatic rings. The molecular weight excluding hydrogens is 304 g/mol. The van der Waals surface area contributed by atoms with Gasteiger partial charge in [-0.15, -0.1) is 0 Å². The van der Waals surface area contributed by atoms with Crippen molar-refractivity contribution in [2.75, 3.05) is 19.8 Å². The highest BCUT2D eigenvalue weighted by molar-refractivity contribution is 5.98. The smallest absolute Gasteiger partial charge is 0.325 e. The van der Waals surface area contributed by atoms with Gasteiger partial charge < -0.3 is 24.9 Å². The summed E-state index contributed by atoms with van der Waals surface area (Å²) in [6, 6.07) is 0. The zero-order chi connectivity index (χ0) is 16.8. The second-order valence-corrected chi connectivity index (χ2v) is 5.19. The summed E-state index contributed by atoms with van der Waals surface area (Å²) in [5.41, 5.74) is -0.156. The third-order valence-electron chi connectivity index (χ3n) is 3.50. The van der Waals surface area contributed by atoms with Gasteiger partial charge in [0.05, 0.1) is 25.5 Å². The maximum absolute atomic E-state index is 12.1. The van der Waals surface area contributed by atoms with E-state index in [4.69, 9.17) is 9.47 Å². The number of esters is 1. The van der Waals surface area contributed by atoms with Gasteiger partial charge in [0.15, 0.2) is 0 Å². The van der Waals surface area contributed by atoms with Crippen LogP contribution in [0.5, 0.6) is 5.75 Å². The van der Waals surface area contributed by atoms with Gasteiger partial charge in [-0.3, -0.25) is 14.4 Å². The molecule has 0 fully saturated rings. The molecule has 8 nitrogen and oxygen atoms in total. The first-order valence-corrected chi connectivity index (χ1v) is 7.53. The van der Waals surface area contributed by atoms with Crippen LogP contribution in [-0.4, -0.2) is 41.7 Å². The Bertz CT molecular complexity index is 652. The van der Waals surface area contributed by atoms with E-state index in [1.54, 1.807) is 0 Å². The average molecular weight is 324 g/mol. The SMILES string of the molecule is CCCCOC(=O)CNC(=O)c1c(O)c2c([nH]c1=O)COCC2. The fourth-order valence-electron chi connectivity index (χ4n) is 2.25. The molecule has 0 spiro atoms. The lowest BCUT2D eigenvalue weighted by molar-refractivity contribution is -0.142. The number of rotatable bonds is 6. The lowest BCUT2D eigenvalue weighted by atomic mass is 10.0. The van der Waals surface area contributed by atoms with Crippen LogP contribution in [0.4, 0.5) is 0 Å². The zero-order valence-electron chi connectivity index (χ0n) is 12.9. The third kappa shape index (κ3) is 4.10. The first-order chi connectivity index (χ1) is 11.0. The Morgan fingerprint density at radius 3 is 2.96 bits per heavy atom. The molecule has 0 unspecified atom stereocenters. The van der Waals surface area contributed by atoms with Gasteiger partial charge in [-0.25, -0.2) is 0 Å². The zero-order valence-corrected chi connectivity index (χ0v) is 12.9. The molecule has 126 valence electrons. The number of amides is 1. The van der Waals surface area contributed by atoms with Crippen LogP contribution in [0, 0.1) is 0 Å². The van der Waals surface area contributed by atoms with E-state index in [1.165, 1.54) is 0 Å². The van der Waals surface area contributed by atoms with Crippen LogP contribution in [0.25, 0.3) is 0 Å². The summed E-state index contributed by atoms with van der Waals surface area (Å²) in [5, 5.41) is 12.5. The Morgan fingerprint density at radius 2 is 2.22 bits per heavy atom. The van der Waals surface area contributed by atoms with Crippen molar-refractivity contribution in [3.8, 4) is 5.75 Å². The van der Waals surface area contributed by atoms with Crippen LogP contribution in [0.2, 0.25) is 0 Å². The predicted molar refractivity (Wildman–Crippen MR) is 80.3 cm³/mol.